The van der Waals surface area contributed by atoms with Crippen LogP contribution in [-0.2, 0) is 0 Å². The van der Waals surface area contributed by atoms with Crippen LogP contribution in [0.4, 0.5) is 5.95 Å². The molecule has 9 heteroatoms. The fraction of sp³-hybridized carbons (Fsp3) is 0.417. The molecule has 0 amide bonds. The molecule has 0 aliphatic carbocycles. The molecule has 0 aliphatic rings. The number of thioether (sulfide) groups is 1. The molecule has 21 heavy (non-hydrogen) atoms. The van der Waals surface area contributed by atoms with Gasteiger partial charge in [0, 0.05) is 26.2 Å². The molecule has 0 fully saturated rings. The number of nitrogens with zero attached hydrogens (tertiary/aromatic N) is 6. The lowest BCUT2D eigenvalue weighted by Crippen LogP contribution is -2.14. The molecule has 2 aromatic rings. The SMILES string of the molecule is CCOc1ccc(Oc2nc(SC)nc(N(C)C)n2)nn1. The van der Waals surface area contributed by atoms with Gasteiger partial charge in [0.2, 0.25) is 17.7 Å². The summed E-state index contributed by atoms with van der Waals surface area (Å²) in [5.41, 5.74) is 0. The first-order chi connectivity index (χ1) is 10.1. The molecule has 0 bridgehead atoms. The van der Waals surface area contributed by atoms with E-state index in [4.69, 9.17) is 9.47 Å². The van der Waals surface area contributed by atoms with Crippen LogP contribution >= 0.6 is 11.8 Å². The van der Waals surface area contributed by atoms with Crippen molar-refractivity contribution in [1.82, 2.24) is 25.1 Å². The third-order valence-corrected chi connectivity index (χ3v) is 2.82. The Morgan fingerprint density at radius 2 is 1.81 bits per heavy atom. The highest BCUT2D eigenvalue weighted by Crippen LogP contribution is 2.20. The lowest BCUT2D eigenvalue weighted by molar-refractivity contribution is 0.318. The van der Waals surface area contributed by atoms with Crippen LogP contribution in [0.3, 0.4) is 0 Å². The molecule has 0 unspecified atom stereocenters. The van der Waals surface area contributed by atoms with E-state index in [1.165, 1.54) is 11.8 Å². The van der Waals surface area contributed by atoms with Crippen LogP contribution in [0, 0.1) is 0 Å². The molecule has 0 aliphatic heterocycles. The van der Waals surface area contributed by atoms with Crippen LogP contribution < -0.4 is 14.4 Å². The van der Waals surface area contributed by atoms with Gasteiger partial charge < -0.3 is 14.4 Å². The molecule has 2 rings (SSSR count). The summed E-state index contributed by atoms with van der Waals surface area (Å²) >= 11 is 1.41. The first-order valence-corrected chi connectivity index (χ1v) is 7.46. The second-order valence-electron chi connectivity index (χ2n) is 4.04. The zero-order valence-electron chi connectivity index (χ0n) is 12.3. The van der Waals surface area contributed by atoms with Crippen LogP contribution in [-0.4, -0.2) is 52.1 Å². The molecule has 8 nitrogen and oxygen atoms in total. The van der Waals surface area contributed by atoms with Gasteiger partial charge in [-0.15, -0.1) is 10.2 Å². The highest BCUT2D eigenvalue weighted by atomic mass is 32.2. The van der Waals surface area contributed by atoms with Crippen LogP contribution in [0.5, 0.6) is 17.8 Å². The van der Waals surface area contributed by atoms with Gasteiger partial charge >= 0.3 is 6.01 Å². The van der Waals surface area contributed by atoms with E-state index in [0.29, 0.717) is 29.5 Å². The Morgan fingerprint density at radius 1 is 1.10 bits per heavy atom. The minimum atomic E-state index is 0.177. The molecule has 0 spiro atoms. The average Bonchev–Trinajstić information content (AvgIpc) is 2.49. The van der Waals surface area contributed by atoms with Crippen molar-refractivity contribution in [2.75, 3.05) is 31.9 Å². The fourth-order valence-electron chi connectivity index (χ4n) is 1.35. The summed E-state index contributed by atoms with van der Waals surface area (Å²) < 4.78 is 10.7. The minimum absolute atomic E-state index is 0.177. The van der Waals surface area contributed by atoms with Crippen molar-refractivity contribution in [3.05, 3.63) is 12.1 Å². The van der Waals surface area contributed by atoms with Gasteiger partial charge in [-0.1, -0.05) is 11.8 Å². The number of aromatic nitrogens is 5. The Labute approximate surface area is 126 Å². The van der Waals surface area contributed by atoms with Gasteiger partial charge in [-0.2, -0.15) is 15.0 Å². The second-order valence-corrected chi connectivity index (χ2v) is 4.82. The fourth-order valence-corrected chi connectivity index (χ4v) is 1.69. The Morgan fingerprint density at radius 3 is 2.38 bits per heavy atom. The number of rotatable bonds is 6. The zero-order valence-corrected chi connectivity index (χ0v) is 13.1. The number of ether oxygens (including phenoxy) is 2. The third kappa shape index (κ3) is 4.15. The molecule has 0 atom stereocenters. The van der Waals surface area contributed by atoms with Gasteiger partial charge in [-0.25, -0.2) is 0 Å². The first-order valence-electron chi connectivity index (χ1n) is 6.24. The summed E-state index contributed by atoms with van der Waals surface area (Å²) in [5, 5.41) is 8.36. The number of anilines is 1. The number of hydrogen-bond donors (Lipinski definition) is 0. The maximum Gasteiger partial charge on any atom is 0.329 e. The lowest BCUT2D eigenvalue weighted by atomic mass is 10.5. The van der Waals surface area contributed by atoms with Crippen molar-refractivity contribution < 1.29 is 9.47 Å². The smallest absolute Gasteiger partial charge is 0.329 e. The molecule has 0 N–H and O–H groups in total. The third-order valence-electron chi connectivity index (χ3n) is 2.27. The largest absolute Gasteiger partial charge is 0.477 e. The van der Waals surface area contributed by atoms with Crippen molar-refractivity contribution in [3.63, 3.8) is 0 Å². The first kappa shape index (κ1) is 15.2. The van der Waals surface area contributed by atoms with Crippen molar-refractivity contribution in [2.45, 2.75) is 12.1 Å². The van der Waals surface area contributed by atoms with E-state index in [2.05, 4.69) is 25.1 Å². The second kappa shape index (κ2) is 7.02. The van der Waals surface area contributed by atoms with Crippen molar-refractivity contribution in [2.24, 2.45) is 0 Å². The van der Waals surface area contributed by atoms with E-state index in [-0.39, 0.29) is 6.01 Å². The van der Waals surface area contributed by atoms with Gasteiger partial charge in [-0.05, 0) is 13.2 Å². The topological polar surface area (TPSA) is 86.2 Å². The maximum atomic E-state index is 5.51. The van der Waals surface area contributed by atoms with E-state index in [0.717, 1.165) is 0 Å². The summed E-state index contributed by atoms with van der Waals surface area (Å²) in [7, 11) is 3.69. The van der Waals surface area contributed by atoms with Gasteiger partial charge in [0.15, 0.2) is 5.16 Å². The Balaban J connectivity index is 2.19. The Bertz CT molecular complexity index is 593. The van der Waals surface area contributed by atoms with E-state index < -0.39 is 0 Å². The summed E-state index contributed by atoms with van der Waals surface area (Å²) in [6.07, 6.45) is 1.88. The zero-order chi connectivity index (χ0) is 15.2. The summed E-state index contributed by atoms with van der Waals surface area (Å²) in [4.78, 5) is 14.4. The Kier molecular flexibility index (Phi) is 5.09. The Hall–Kier alpha value is -2.16. The normalized spacial score (nSPS) is 10.3. The molecule has 0 saturated carbocycles. The van der Waals surface area contributed by atoms with Crippen molar-refractivity contribution in [1.29, 1.82) is 0 Å². The molecule has 112 valence electrons. The summed E-state index contributed by atoms with van der Waals surface area (Å²) in [5.74, 6) is 1.25. The standard InChI is InChI=1S/C12H16N6O2S/c1-5-19-8-6-7-9(17-16-8)20-11-13-10(18(2)3)14-12(15-11)21-4/h6-7H,5H2,1-4H3. The summed E-state index contributed by atoms with van der Waals surface area (Å²) in [6.45, 7) is 2.41. The number of hydrogen-bond acceptors (Lipinski definition) is 9. The van der Waals surface area contributed by atoms with E-state index in [9.17, 15) is 0 Å². The van der Waals surface area contributed by atoms with Gasteiger partial charge in [0.25, 0.3) is 0 Å². The molecule has 2 aromatic heterocycles. The van der Waals surface area contributed by atoms with Crippen LogP contribution in [0.2, 0.25) is 0 Å². The lowest BCUT2D eigenvalue weighted by Gasteiger charge is -2.11. The molecular weight excluding hydrogens is 292 g/mol. The molecule has 0 saturated heterocycles. The highest BCUT2D eigenvalue weighted by molar-refractivity contribution is 7.98. The monoisotopic (exact) mass is 308 g/mol. The summed E-state index contributed by atoms with van der Waals surface area (Å²) in [6, 6.07) is 3.50. The predicted molar refractivity (Wildman–Crippen MR) is 79.2 cm³/mol. The maximum absolute atomic E-state index is 5.51. The highest BCUT2D eigenvalue weighted by Gasteiger charge is 2.10. The van der Waals surface area contributed by atoms with Crippen LogP contribution in [0.15, 0.2) is 17.3 Å². The van der Waals surface area contributed by atoms with Gasteiger partial charge in [0.1, 0.15) is 0 Å². The van der Waals surface area contributed by atoms with Crippen molar-refractivity contribution in [3.8, 4) is 17.8 Å². The van der Waals surface area contributed by atoms with Crippen LogP contribution in [0.25, 0.3) is 0 Å². The molecule has 0 aromatic carbocycles. The average molecular weight is 308 g/mol. The van der Waals surface area contributed by atoms with Gasteiger partial charge in [-0.3, -0.25) is 0 Å². The molecule has 0 radical (unpaired) electrons. The van der Waals surface area contributed by atoms with Gasteiger partial charge in [0.05, 0.1) is 6.61 Å². The predicted octanol–water partition coefficient (Wildman–Crippen LogP) is 1.64. The quantitative estimate of drug-likeness (QED) is 0.739. The van der Waals surface area contributed by atoms with E-state index in [1.54, 1.807) is 17.0 Å². The minimum Gasteiger partial charge on any atom is -0.477 e. The van der Waals surface area contributed by atoms with Crippen LogP contribution in [0.1, 0.15) is 6.92 Å². The van der Waals surface area contributed by atoms with Crippen molar-refractivity contribution >= 4 is 17.7 Å². The van der Waals surface area contributed by atoms with E-state index >= 15 is 0 Å². The molecule has 2 heterocycles. The molecular formula is C12H16N6O2S. The van der Waals surface area contributed by atoms with E-state index in [1.807, 2.05) is 27.3 Å².